The van der Waals surface area contributed by atoms with Crippen LogP contribution in [-0.2, 0) is 30.1 Å². The Kier molecular flexibility index (Phi) is 12.6. The van der Waals surface area contributed by atoms with E-state index in [-0.39, 0.29) is 36.1 Å². The molecule has 3 amide bonds. The second-order valence-electron chi connectivity index (χ2n) is 14.7. The Balaban J connectivity index is 1.19. The monoisotopic (exact) mass is 733 g/mol. The second-order valence-corrected chi connectivity index (χ2v) is 15.8. The summed E-state index contributed by atoms with van der Waals surface area (Å²) < 4.78 is 19.6. The molecular formula is C40H48FN3O7S. The number of carbonyl (C=O) groups excluding carboxylic acids is 3. The van der Waals surface area contributed by atoms with Gasteiger partial charge in [0.05, 0.1) is 12.6 Å². The van der Waals surface area contributed by atoms with Crippen LogP contribution in [-0.4, -0.2) is 64.1 Å². The van der Waals surface area contributed by atoms with E-state index in [0.717, 1.165) is 43.2 Å². The molecule has 2 fully saturated rings. The number of halogens is 1. The van der Waals surface area contributed by atoms with Crippen LogP contribution in [0.1, 0.15) is 87.7 Å². The number of amides is 3. The number of thioether (sulfide) groups is 1. The molecule has 5 rings (SSSR count). The molecule has 2 aliphatic rings. The van der Waals surface area contributed by atoms with Crippen LogP contribution < -0.4 is 20.7 Å². The number of hydrogen-bond donors (Lipinski definition) is 5. The van der Waals surface area contributed by atoms with Gasteiger partial charge in [0.15, 0.2) is 6.61 Å². The van der Waals surface area contributed by atoms with Crippen LogP contribution in [0.2, 0.25) is 0 Å². The average Bonchev–Trinajstić information content (AvgIpc) is 3.12. The SMILES string of the molecule is CC(C)(C)c1ccc(C(O)CS[C@H]2C(=O)N[C@@]2(c2ccc(F)cc2)c2ccc(OCC(=O)NCC(=O)N[C@H](CC3CCCCC3)C(=O)O)cc2)cc1. The van der Waals surface area contributed by atoms with Crippen molar-refractivity contribution in [1.29, 1.82) is 0 Å². The summed E-state index contributed by atoms with van der Waals surface area (Å²) in [5, 5.41) is 28.0. The van der Waals surface area contributed by atoms with Crippen molar-refractivity contribution >= 4 is 35.5 Å². The van der Waals surface area contributed by atoms with Crippen LogP contribution in [0.5, 0.6) is 5.75 Å². The number of aliphatic hydroxyl groups is 1. The lowest BCUT2D eigenvalue weighted by Gasteiger charge is -2.50. The van der Waals surface area contributed by atoms with Crippen LogP contribution in [0.4, 0.5) is 4.39 Å². The van der Waals surface area contributed by atoms with E-state index in [4.69, 9.17) is 4.74 Å². The number of ether oxygens (including phenoxy) is 1. The van der Waals surface area contributed by atoms with Crippen LogP contribution in [0, 0.1) is 11.7 Å². The summed E-state index contributed by atoms with van der Waals surface area (Å²) in [5.41, 5.74) is 2.23. The lowest BCUT2D eigenvalue weighted by Crippen LogP contribution is -2.69. The molecule has 5 N–H and O–H groups in total. The predicted molar refractivity (Wildman–Crippen MR) is 197 cm³/mol. The first-order chi connectivity index (χ1) is 24.8. The maximum absolute atomic E-state index is 14.0. The number of β-lactam (4-membered cyclic amide) rings is 1. The lowest BCUT2D eigenvalue weighted by atomic mass is 9.74. The second kappa shape index (κ2) is 16.9. The molecule has 1 saturated heterocycles. The van der Waals surface area contributed by atoms with Crippen molar-refractivity contribution in [3.8, 4) is 5.75 Å². The van der Waals surface area contributed by atoms with E-state index in [2.05, 4.69) is 36.7 Å². The fourth-order valence-electron chi connectivity index (χ4n) is 6.88. The highest BCUT2D eigenvalue weighted by molar-refractivity contribution is 8.00. The summed E-state index contributed by atoms with van der Waals surface area (Å²) in [5.74, 6) is -2.00. The van der Waals surface area contributed by atoms with Gasteiger partial charge in [0.25, 0.3) is 5.91 Å². The van der Waals surface area contributed by atoms with Gasteiger partial charge in [-0.1, -0.05) is 101 Å². The van der Waals surface area contributed by atoms with Gasteiger partial charge < -0.3 is 30.9 Å². The fourth-order valence-corrected chi connectivity index (χ4v) is 8.23. The molecule has 1 aliphatic heterocycles. The molecule has 10 nitrogen and oxygen atoms in total. The largest absolute Gasteiger partial charge is 0.484 e. The maximum Gasteiger partial charge on any atom is 0.326 e. The van der Waals surface area contributed by atoms with Crippen molar-refractivity contribution < 1.29 is 38.5 Å². The number of carboxylic acids is 1. The molecule has 0 spiro atoms. The zero-order chi connectivity index (χ0) is 37.5. The number of aliphatic carboxylic acids is 1. The van der Waals surface area contributed by atoms with Gasteiger partial charge in [-0.15, -0.1) is 11.8 Å². The van der Waals surface area contributed by atoms with Gasteiger partial charge in [-0.3, -0.25) is 14.4 Å². The molecular weight excluding hydrogens is 686 g/mol. The summed E-state index contributed by atoms with van der Waals surface area (Å²) in [6, 6.07) is 19.6. The normalized spacial score (nSPS) is 20.2. The van der Waals surface area contributed by atoms with Gasteiger partial charge in [0, 0.05) is 5.75 Å². The molecule has 4 atom stereocenters. The molecule has 1 saturated carbocycles. The summed E-state index contributed by atoms with van der Waals surface area (Å²) in [4.78, 5) is 49.7. The molecule has 1 aliphatic carbocycles. The quantitative estimate of drug-likeness (QED) is 0.131. The molecule has 1 unspecified atom stereocenters. The maximum atomic E-state index is 14.0. The standard InChI is InChI=1S/C40H48FN3O7S/c1-39(2,3)27-11-9-26(10-12-27)33(45)24-52-36-37(48)44-40(36,28-13-17-30(41)18-14-28)29-15-19-31(20-16-29)51-23-35(47)42-22-34(46)43-32(38(49)50)21-25-7-5-4-6-8-25/h9-20,25,32-33,36,45H,4-8,21-24H2,1-3H3,(H,42,47)(H,43,46)(H,44,48)(H,49,50)/t32-,33?,36+,40+/m1/s1. The van der Waals surface area contributed by atoms with Gasteiger partial charge >= 0.3 is 5.97 Å². The van der Waals surface area contributed by atoms with E-state index >= 15 is 0 Å². The van der Waals surface area contributed by atoms with Crippen molar-refractivity contribution in [2.75, 3.05) is 18.9 Å². The van der Waals surface area contributed by atoms with Crippen molar-refractivity contribution in [2.45, 2.75) is 87.6 Å². The smallest absolute Gasteiger partial charge is 0.326 e. The molecule has 52 heavy (non-hydrogen) atoms. The predicted octanol–water partition coefficient (Wildman–Crippen LogP) is 5.37. The van der Waals surface area contributed by atoms with Crippen LogP contribution in [0.25, 0.3) is 0 Å². The fraction of sp³-hybridized carbons (Fsp3) is 0.450. The third-order valence-electron chi connectivity index (χ3n) is 9.89. The minimum atomic E-state index is -1.09. The zero-order valence-electron chi connectivity index (χ0n) is 29.8. The summed E-state index contributed by atoms with van der Waals surface area (Å²) >= 11 is 1.32. The van der Waals surface area contributed by atoms with Crippen LogP contribution >= 0.6 is 11.8 Å². The van der Waals surface area contributed by atoms with E-state index in [1.165, 1.54) is 23.9 Å². The van der Waals surface area contributed by atoms with Gasteiger partial charge in [-0.25, -0.2) is 9.18 Å². The number of hydrogen-bond acceptors (Lipinski definition) is 7. The van der Waals surface area contributed by atoms with Crippen molar-refractivity contribution in [1.82, 2.24) is 16.0 Å². The van der Waals surface area contributed by atoms with E-state index in [1.54, 1.807) is 36.4 Å². The highest BCUT2D eigenvalue weighted by Gasteiger charge is 2.56. The zero-order valence-corrected chi connectivity index (χ0v) is 30.6. The molecule has 278 valence electrons. The van der Waals surface area contributed by atoms with Gasteiger partial charge in [-0.2, -0.15) is 0 Å². The van der Waals surface area contributed by atoms with Gasteiger partial charge in [0.1, 0.15) is 28.4 Å². The molecule has 3 aromatic carbocycles. The third-order valence-corrected chi connectivity index (χ3v) is 11.3. The minimum Gasteiger partial charge on any atom is -0.484 e. The number of carbonyl (C=O) groups is 4. The highest BCUT2D eigenvalue weighted by Crippen LogP contribution is 2.46. The Morgan fingerprint density at radius 1 is 0.942 bits per heavy atom. The van der Waals surface area contributed by atoms with E-state index < -0.39 is 46.5 Å². The molecule has 3 aromatic rings. The number of rotatable bonds is 15. The van der Waals surface area contributed by atoms with Crippen LogP contribution in [0.15, 0.2) is 72.8 Å². The summed E-state index contributed by atoms with van der Waals surface area (Å²) in [6.07, 6.45) is 4.73. The third kappa shape index (κ3) is 9.51. The van der Waals surface area contributed by atoms with Crippen molar-refractivity contribution in [2.24, 2.45) is 5.92 Å². The van der Waals surface area contributed by atoms with Crippen molar-refractivity contribution in [3.05, 3.63) is 101 Å². The minimum absolute atomic E-state index is 0.0233. The first-order valence-corrected chi connectivity index (χ1v) is 18.8. The first-order valence-electron chi connectivity index (χ1n) is 17.8. The average molecular weight is 734 g/mol. The molecule has 0 radical (unpaired) electrons. The Morgan fingerprint density at radius 3 is 2.13 bits per heavy atom. The number of aliphatic hydroxyl groups excluding tert-OH is 1. The molecule has 0 aromatic heterocycles. The van der Waals surface area contributed by atoms with E-state index in [0.29, 0.717) is 23.3 Å². The van der Waals surface area contributed by atoms with Gasteiger partial charge in [-0.05, 0) is 64.3 Å². The summed E-state index contributed by atoms with van der Waals surface area (Å²) in [6.45, 7) is 5.60. The Morgan fingerprint density at radius 2 is 1.56 bits per heavy atom. The van der Waals surface area contributed by atoms with Crippen LogP contribution in [0.3, 0.4) is 0 Å². The topological polar surface area (TPSA) is 154 Å². The van der Waals surface area contributed by atoms with E-state index in [9.17, 15) is 33.8 Å². The molecule has 0 bridgehead atoms. The van der Waals surface area contributed by atoms with Gasteiger partial charge in [0.2, 0.25) is 11.8 Å². The highest BCUT2D eigenvalue weighted by atomic mass is 32.2. The lowest BCUT2D eigenvalue weighted by molar-refractivity contribution is -0.142. The first kappa shape index (κ1) is 38.8. The molecule has 1 heterocycles. The summed E-state index contributed by atoms with van der Waals surface area (Å²) in [7, 11) is 0. The Labute approximate surface area is 308 Å². The number of nitrogens with one attached hydrogen (secondary N) is 3. The Bertz CT molecular complexity index is 1710. The number of carboxylic acid groups (broad SMARTS) is 1. The molecule has 12 heteroatoms. The Hall–Kier alpha value is -4.42. The van der Waals surface area contributed by atoms with E-state index in [1.807, 2.05) is 24.3 Å². The van der Waals surface area contributed by atoms with Crippen molar-refractivity contribution in [3.63, 3.8) is 0 Å². The number of benzene rings is 3.